The quantitative estimate of drug-likeness (QED) is 0.903. The summed E-state index contributed by atoms with van der Waals surface area (Å²) in [5.41, 5.74) is 0.760. The number of likely N-dealkylation sites (N-methyl/N-ethyl adjacent to an activating group) is 1. The molecule has 0 radical (unpaired) electrons. The molecule has 4 heteroatoms. The minimum atomic E-state index is -0.580. The molecule has 0 spiro atoms. The van der Waals surface area contributed by atoms with Crippen LogP contribution >= 0.6 is 0 Å². The Balaban J connectivity index is 1.57. The van der Waals surface area contributed by atoms with Crippen LogP contribution in [0.1, 0.15) is 19.3 Å². The minimum Gasteiger partial charge on any atom is -0.481 e. The first-order valence-corrected chi connectivity index (χ1v) is 7.84. The molecule has 1 aliphatic carbocycles. The summed E-state index contributed by atoms with van der Waals surface area (Å²) in [7, 11) is 2.10. The summed E-state index contributed by atoms with van der Waals surface area (Å²) < 4.78 is 0. The van der Waals surface area contributed by atoms with Crippen LogP contribution in [0.15, 0.2) is 30.3 Å². The standard InChI is InChI=1S/C17H24N2O2/c1-18(15-7-3-2-4-8-15)10-11-19-12-14-6-5-9-17(14,13-19)16(20)21/h2-4,7-8,14H,5-6,9-13H2,1H3,(H,20,21)/t14-,17+/m0/s1. The molecule has 1 aliphatic heterocycles. The maximum absolute atomic E-state index is 11.7. The van der Waals surface area contributed by atoms with E-state index in [4.69, 9.17) is 0 Å². The lowest BCUT2D eigenvalue weighted by Crippen LogP contribution is -2.37. The van der Waals surface area contributed by atoms with E-state index < -0.39 is 11.4 Å². The number of likely N-dealkylation sites (tertiary alicyclic amines) is 1. The van der Waals surface area contributed by atoms with Gasteiger partial charge in [0, 0.05) is 38.9 Å². The molecular weight excluding hydrogens is 264 g/mol. The molecule has 114 valence electrons. The van der Waals surface area contributed by atoms with Crippen molar-refractivity contribution in [1.29, 1.82) is 0 Å². The molecule has 1 aromatic rings. The Hall–Kier alpha value is -1.55. The predicted octanol–water partition coefficient (Wildman–Crippen LogP) is 2.31. The third-order valence-corrected chi connectivity index (χ3v) is 5.32. The van der Waals surface area contributed by atoms with Gasteiger partial charge in [-0.3, -0.25) is 4.79 Å². The number of para-hydroxylation sites is 1. The first-order chi connectivity index (χ1) is 10.1. The SMILES string of the molecule is CN(CCN1C[C@@H]2CCC[C@@]2(C(=O)O)C1)c1ccccc1. The second kappa shape index (κ2) is 5.68. The molecule has 1 heterocycles. The van der Waals surface area contributed by atoms with Gasteiger partial charge in [0.05, 0.1) is 5.41 Å². The second-order valence-electron chi connectivity index (χ2n) is 6.54. The van der Waals surface area contributed by atoms with Crippen molar-refractivity contribution in [2.45, 2.75) is 19.3 Å². The van der Waals surface area contributed by atoms with Crippen molar-refractivity contribution < 1.29 is 9.90 Å². The predicted molar refractivity (Wildman–Crippen MR) is 83.6 cm³/mol. The van der Waals surface area contributed by atoms with Gasteiger partial charge in [-0.1, -0.05) is 24.6 Å². The topological polar surface area (TPSA) is 43.8 Å². The average Bonchev–Trinajstić information content (AvgIpc) is 3.03. The van der Waals surface area contributed by atoms with Gasteiger partial charge in [0.1, 0.15) is 0 Å². The molecule has 0 aromatic heterocycles. The van der Waals surface area contributed by atoms with Crippen molar-refractivity contribution in [2.75, 3.05) is 38.1 Å². The lowest BCUT2D eigenvalue weighted by Gasteiger charge is -2.25. The summed E-state index contributed by atoms with van der Waals surface area (Å²) >= 11 is 0. The van der Waals surface area contributed by atoms with E-state index in [9.17, 15) is 9.90 Å². The van der Waals surface area contributed by atoms with Gasteiger partial charge in [0.25, 0.3) is 0 Å². The van der Waals surface area contributed by atoms with Crippen LogP contribution in [0.5, 0.6) is 0 Å². The van der Waals surface area contributed by atoms with Crippen molar-refractivity contribution in [3.63, 3.8) is 0 Å². The van der Waals surface area contributed by atoms with Crippen LogP contribution in [0.4, 0.5) is 5.69 Å². The molecule has 2 fully saturated rings. The molecule has 4 nitrogen and oxygen atoms in total. The summed E-state index contributed by atoms with van der Waals surface area (Å²) in [4.78, 5) is 16.3. The maximum Gasteiger partial charge on any atom is 0.311 e. The largest absolute Gasteiger partial charge is 0.481 e. The Morgan fingerprint density at radius 2 is 2.19 bits per heavy atom. The van der Waals surface area contributed by atoms with E-state index in [-0.39, 0.29) is 0 Å². The fourth-order valence-corrected chi connectivity index (χ4v) is 4.02. The molecule has 1 saturated carbocycles. The van der Waals surface area contributed by atoms with Crippen molar-refractivity contribution in [2.24, 2.45) is 11.3 Å². The molecule has 1 saturated heterocycles. The highest BCUT2D eigenvalue weighted by molar-refractivity contribution is 5.76. The molecule has 1 N–H and O–H groups in total. The van der Waals surface area contributed by atoms with Crippen molar-refractivity contribution in [3.05, 3.63) is 30.3 Å². The van der Waals surface area contributed by atoms with Gasteiger partial charge in [-0.2, -0.15) is 0 Å². The van der Waals surface area contributed by atoms with Crippen LogP contribution < -0.4 is 4.90 Å². The van der Waals surface area contributed by atoms with Gasteiger partial charge in [-0.25, -0.2) is 0 Å². The van der Waals surface area contributed by atoms with Crippen LogP contribution in [0, 0.1) is 11.3 Å². The molecule has 0 unspecified atom stereocenters. The highest BCUT2D eigenvalue weighted by Crippen LogP contribution is 2.48. The number of hydrogen-bond acceptors (Lipinski definition) is 3. The average molecular weight is 288 g/mol. The zero-order chi connectivity index (χ0) is 14.9. The fourth-order valence-electron chi connectivity index (χ4n) is 4.02. The van der Waals surface area contributed by atoms with Crippen LogP contribution in [0.3, 0.4) is 0 Å². The van der Waals surface area contributed by atoms with E-state index in [1.807, 2.05) is 18.2 Å². The lowest BCUT2D eigenvalue weighted by molar-refractivity contribution is -0.149. The van der Waals surface area contributed by atoms with Crippen molar-refractivity contribution in [1.82, 2.24) is 4.90 Å². The van der Waals surface area contributed by atoms with Gasteiger partial charge < -0.3 is 14.9 Å². The van der Waals surface area contributed by atoms with E-state index in [1.54, 1.807) is 0 Å². The third-order valence-electron chi connectivity index (χ3n) is 5.32. The van der Waals surface area contributed by atoms with E-state index in [0.29, 0.717) is 5.92 Å². The lowest BCUT2D eigenvalue weighted by atomic mass is 9.81. The number of carbonyl (C=O) groups is 1. The zero-order valence-electron chi connectivity index (χ0n) is 12.7. The van der Waals surface area contributed by atoms with Crippen LogP contribution in [0.2, 0.25) is 0 Å². The molecule has 1 aromatic carbocycles. The molecule has 21 heavy (non-hydrogen) atoms. The number of carboxylic acid groups (broad SMARTS) is 1. The van der Waals surface area contributed by atoms with E-state index >= 15 is 0 Å². The Bertz CT molecular complexity index is 505. The third kappa shape index (κ3) is 2.64. The summed E-state index contributed by atoms with van der Waals surface area (Å²) in [5, 5.41) is 9.61. The Labute approximate surface area is 126 Å². The first kappa shape index (κ1) is 14.4. The Morgan fingerprint density at radius 1 is 1.43 bits per heavy atom. The minimum absolute atomic E-state index is 0.358. The monoisotopic (exact) mass is 288 g/mol. The summed E-state index contributed by atoms with van der Waals surface area (Å²) in [6.45, 7) is 3.56. The molecule has 2 aliphatic rings. The van der Waals surface area contributed by atoms with Gasteiger partial charge >= 0.3 is 5.97 Å². The molecule has 2 atom stereocenters. The van der Waals surface area contributed by atoms with E-state index in [1.165, 1.54) is 5.69 Å². The number of aliphatic carboxylic acids is 1. The zero-order valence-corrected chi connectivity index (χ0v) is 12.7. The fraction of sp³-hybridized carbons (Fsp3) is 0.588. The van der Waals surface area contributed by atoms with Gasteiger partial charge in [-0.15, -0.1) is 0 Å². The normalized spacial score (nSPS) is 28.5. The Kier molecular flexibility index (Phi) is 3.89. The number of anilines is 1. The van der Waals surface area contributed by atoms with Crippen LogP contribution in [-0.4, -0.2) is 49.2 Å². The summed E-state index contributed by atoms with van der Waals surface area (Å²) in [5.74, 6) is -0.221. The number of benzene rings is 1. The van der Waals surface area contributed by atoms with Gasteiger partial charge in [0.2, 0.25) is 0 Å². The number of rotatable bonds is 5. The summed E-state index contributed by atoms with van der Waals surface area (Å²) in [6, 6.07) is 10.3. The van der Waals surface area contributed by atoms with Crippen LogP contribution in [-0.2, 0) is 4.79 Å². The number of hydrogen-bond donors (Lipinski definition) is 1. The van der Waals surface area contributed by atoms with Crippen molar-refractivity contribution >= 4 is 11.7 Å². The van der Waals surface area contributed by atoms with Gasteiger partial charge in [-0.05, 0) is 30.9 Å². The molecule has 0 bridgehead atoms. The maximum atomic E-state index is 11.7. The molecule has 3 rings (SSSR count). The molecular formula is C17H24N2O2. The Morgan fingerprint density at radius 3 is 2.86 bits per heavy atom. The second-order valence-corrected chi connectivity index (χ2v) is 6.54. The van der Waals surface area contributed by atoms with E-state index in [2.05, 4.69) is 29.0 Å². The first-order valence-electron chi connectivity index (χ1n) is 7.84. The smallest absolute Gasteiger partial charge is 0.311 e. The van der Waals surface area contributed by atoms with E-state index in [0.717, 1.165) is 45.4 Å². The highest BCUT2D eigenvalue weighted by atomic mass is 16.4. The number of nitrogens with zero attached hydrogens (tertiary/aromatic N) is 2. The van der Waals surface area contributed by atoms with Gasteiger partial charge in [0.15, 0.2) is 0 Å². The highest BCUT2D eigenvalue weighted by Gasteiger charge is 2.54. The molecule has 0 amide bonds. The van der Waals surface area contributed by atoms with Crippen LogP contribution in [0.25, 0.3) is 0 Å². The summed E-state index contributed by atoms with van der Waals surface area (Å²) in [6.07, 6.45) is 3.02. The number of fused-ring (bicyclic) bond motifs is 1. The number of carboxylic acids is 1. The van der Waals surface area contributed by atoms with Crippen molar-refractivity contribution in [3.8, 4) is 0 Å².